The number of amides is 2. The molecule has 3 N–H and O–H groups in total. The molecule has 0 fully saturated rings. The summed E-state index contributed by atoms with van der Waals surface area (Å²) in [6.07, 6.45) is 0. The van der Waals surface area contributed by atoms with Crippen molar-refractivity contribution in [2.24, 2.45) is 0 Å². The molecule has 30 heavy (non-hydrogen) atoms. The predicted octanol–water partition coefficient (Wildman–Crippen LogP) is 4.01. The number of carbonyl (C=O) groups excluding carboxylic acids is 2. The molecule has 0 unspecified atom stereocenters. The van der Waals surface area contributed by atoms with Crippen LogP contribution >= 0.6 is 0 Å². The summed E-state index contributed by atoms with van der Waals surface area (Å²) in [6.45, 7) is -0.268. The molecule has 8 heteroatoms. The Kier molecular flexibility index (Phi) is 6.82. The number of rotatable bonds is 7. The third kappa shape index (κ3) is 5.68. The second-order valence-corrected chi connectivity index (χ2v) is 6.40. The minimum absolute atomic E-state index is 0.0905. The molecular formula is C22H18F3N3O2. The summed E-state index contributed by atoms with van der Waals surface area (Å²) in [6, 6.07) is 16.1. The van der Waals surface area contributed by atoms with Crippen LogP contribution in [-0.4, -0.2) is 18.4 Å². The molecule has 0 bridgehead atoms. The van der Waals surface area contributed by atoms with Gasteiger partial charge in [-0.3, -0.25) is 14.9 Å². The molecule has 0 spiro atoms. The maximum absolute atomic E-state index is 13.3. The first-order valence-electron chi connectivity index (χ1n) is 9.02. The van der Waals surface area contributed by atoms with Crippen LogP contribution in [0.1, 0.15) is 11.6 Å². The van der Waals surface area contributed by atoms with Gasteiger partial charge in [-0.25, -0.2) is 13.2 Å². The van der Waals surface area contributed by atoms with Crippen LogP contribution in [0.2, 0.25) is 0 Å². The number of hydrogen-bond acceptors (Lipinski definition) is 3. The highest BCUT2D eigenvalue weighted by molar-refractivity contribution is 5.97. The van der Waals surface area contributed by atoms with Crippen molar-refractivity contribution in [2.75, 3.05) is 17.2 Å². The Balaban J connectivity index is 1.68. The lowest BCUT2D eigenvalue weighted by Gasteiger charge is -2.19. The van der Waals surface area contributed by atoms with Crippen LogP contribution in [0.25, 0.3) is 0 Å². The fraction of sp³-hybridized carbons (Fsp3) is 0.0909. The van der Waals surface area contributed by atoms with E-state index in [9.17, 15) is 22.8 Å². The van der Waals surface area contributed by atoms with Crippen molar-refractivity contribution in [1.82, 2.24) is 5.32 Å². The van der Waals surface area contributed by atoms with Gasteiger partial charge in [0.05, 0.1) is 6.54 Å². The Morgan fingerprint density at radius 2 is 1.43 bits per heavy atom. The monoisotopic (exact) mass is 413 g/mol. The summed E-state index contributed by atoms with van der Waals surface area (Å²) in [7, 11) is 0. The first-order chi connectivity index (χ1) is 14.4. The molecule has 5 nitrogen and oxygen atoms in total. The summed E-state index contributed by atoms with van der Waals surface area (Å²) in [5.41, 5.74) is 1.10. The minimum Gasteiger partial charge on any atom is -0.325 e. The van der Waals surface area contributed by atoms with Crippen LogP contribution in [0.15, 0.2) is 72.8 Å². The molecule has 1 atom stereocenters. The molecule has 0 aromatic heterocycles. The molecule has 0 aliphatic rings. The molecule has 0 saturated heterocycles. The average molecular weight is 413 g/mol. The first kappa shape index (κ1) is 21.1. The zero-order chi connectivity index (χ0) is 21.5. The molecule has 0 saturated carbocycles. The van der Waals surface area contributed by atoms with E-state index in [2.05, 4.69) is 16.0 Å². The summed E-state index contributed by atoms with van der Waals surface area (Å²) in [5.74, 6) is -3.53. The molecular weight excluding hydrogens is 395 g/mol. The second-order valence-electron chi connectivity index (χ2n) is 6.40. The highest BCUT2D eigenvalue weighted by atomic mass is 19.2. The van der Waals surface area contributed by atoms with Crippen LogP contribution in [0, 0.1) is 17.5 Å². The topological polar surface area (TPSA) is 70.2 Å². The molecule has 0 aliphatic heterocycles. The highest BCUT2D eigenvalue weighted by Crippen LogP contribution is 2.17. The van der Waals surface area contributed by atoms with Gasteiger partial charge in [0.15, 0.2) is 11.6 Å². The Morgan fingerprint density at radius 1 is 0.767 bits per heavy atom. The van der Waals surface area contributed by atoms with Gasteiger partial charge in [-0.1, -0.05) is 30.3 Å². The lowest BCUT2D eigenvalue weighted by atomic mass is 10.1. The average Bonchev–Trinajstić information content (AvgIpc) is 2.73. The van der Waals surface area contributed by atoms with Crippen molar-refractivity contribution in [3.8, 4) is 0 Å². The van der Waals surface area contributed by atoms with Crippen molar-refractivity contribution in [1.29, 1.82) is 0 Å². The fourth-order valence-corrected chi connectivity index (χ4v) is 2.73. The predicted molar refractivity (Wildman–Crippen MR) is 107 cm³/mol. The number of benzene rings is 3. The van der Waals surface area contributed by atoms with E-state index < -0.39 is 35.3 Å². The van der Waals surface area contributed by atoms with Gasteiger partial charge in [0.25, 0.3) is 0 Å². The normalized spacial score (nSPS) is 11.6. The van der Waals surface area contributed by atoms with E-state index >= 15 is 0 Å². The van der Waals surface area contributed by atoms with Crippen LogP contribution in [0.3, 0.4) is 0 Å². The zero-order valence-corrected chi connectivity index (χ0v) is 15.7. The number of anilines is 2. The lowest BCUT2D eigenvalue weighted by Crippen LogP contribution is -2.37. The van der Waals surface area contributed by atoms with E-state index in [1.54, 1.807) is 30.3 Å². The summed E-state index contributed by atoms with van der Waals surface area (Å²) in [5, 5.41) is 7.94. The van der Waals surface area contributed by atoms with E-state index in [1.165, 1.54) is 30.3 Å². The molecule has 3 aromatic carbocycles. The van der Waals surface area contributed by atoms with E-state index in [0.717, 1.165) is 12.1 Å². The van der Waals surface area contributed by atoms with Gasteiger partial charge in [0.2, 0.25) is 11.8 Å². The van der Waals surface area contributed by atoms with E-state index in [4.69, 9.17) is 0 Å². The van der Waals surface area contributed by atoms with Crippen molar-refractivity contribution >= 4 is 23.2 Å². The standard InChI is InChI=1S/C22H18F3N3O2/c23-15-6-8-16(9-7-15)28-22(30)21(14-4-2-1-3-5-14)26-13-20(29)27-17-10-11-18(24)19(25)12-17/h1-12,21,26H,13H2,(H,27,29)(H,28,30)/t21-/m1/s1. The largest absolute Gasteiger partial charge is 0.325 e. The van der Waals surface area contributed by atoms with Crippen molar-refractivity contribution in [3.63, 3.8) is 0 Å². The molecule has 154 valence electrons. The van der Waals surface area contributed by atoms with E-state index in [1.807, 2.05) is 0 Å². The van der Waals surface area contributed by atoms with E-state index in [0.29, 0.717) is 11.3 Å². The summed E-state index contributed by atoms with van der Waals surface area (Å²) in [4.78, 5) is 25.0. The van der Waals surface area contributed by atoms with Gasteiger partial charge in [0, 0.05) is 17.4 Å². The van der Waals surface area contributed by atoms with Gasteiger partial charge in [0.1, 0.15) is 11.9 Å². The number of carbonyl (C=O) groups is 2. The molecule has 3 aromatic rings. The van der Waals surface area contributed by atoms with E-state index in [-0.39, 0.29) is 12.2 Å². The molecule has 3 rings (SSSR count). The van der Waals surface area contributed by atoms with Crippen molar-refractivity contribution < 1.29 is 22.8 Å². The van der Waals surface area contributed by atoms with Crippen LogP contribution in [0.4, 0.5) is 24.5 Å². The van der Waals surface area contributed by atoms with Gasteiger partial charge in [-0.05, 0) is 42.0 Å². The van der Waals surface area contributed by atoms with Crippen molar-refractivity contribution in [3.05, 3.63) is 95.8 Å². The highest BCUT2D eigenvalue weighted by Gasteiger charge is 2.21. The molecule has 0 radical (unpaired) electrons. The zero-order valence-electron chi connectivity index (χ0n) is 15.7. The second kappa shape index (κ2) is 9.71. The van der Waals surface area contributed by atoms with Gasteiger partial charge < -0.3 is 10.6 Å². The maximum atomic E-state index is 13.3. The van der Waals surface area contributed by atoms with Crippen LogP contribution in [-0.2, 0) is 9.59 Å². The van der Waals surface area contributed by atoms with Gasteiger partial charge in [-0.15, -0.1) is 0 Å². The van der Waals surface area contributed by atoms with Gasteiger partial charge in [-0.2, -0.15) is 0 Å². The summed E-state index contributed by atoms with van der Waals surface area (Å²) >= 11 is 0. The smallest absolute Gasteiger partial charge is 0.246 e. The molecule has 0 heterocycles. The van der Waals surface area contributed by atoms with Crippen LogP contribution in [0.5, 0.6) is 0 Å². The lowest BCUT2D eigenvalue weighted by molar-refractivity contribution is -0.119. The fourth-order valence-electron chi connectivity index (χ4n) is 2.73. The Bertz CT molecular complexity index is 1030. The van der Waals surface area contributed by atoms with Crippen LogP contribution < -0.4 is 16.0 Å². The summed E-state index contributed by atoms with van der Waals surface area (Å²) < 4.78 is 39.4. The molecule has 2 amide bonds. The third-order valence-corrected chi connectivity index (χ3v) is 4.18. The number of halogens is 3. The third-order valence-electron chi connectivity index (χ3n) is 4.18. The maximum Gasteiger partial charge on any atom is 0.246 e. The van der Waals surface area contributed by atoms with Gasteiger partial charge >= 0.3 is 0 Å². The first-order valence-corrected chi connectivity index (χ1v) is 9.02. The Morgan fingerprint density at radius 3 is 2.10 bits per heavy atom. The number of nitrogens with one attached hydrogen (secondary N) is 3. The quantitative estimate of drug-likeness (QED) is 0.548. The van der Waals surface area contributed by atoms with Crippen molar-refractivity contribution in [2.45, 2.75) is 6.04 Å². The molecule has 0 aliphatic carbocycles. The minimum atomic E-state index is -1.08. The Hall–Kier alpha value is -3.65. The number of hydrogen-bond donors (Lipinski definition) is 3. The SMILES string of the molecule is O=C(CN[C@@H](C(=O)Nc1ccc(F)cc1)c1ccccc1)Nc1ccc(F)c(F)c1. The Labute approximate surface area is 170 Å².